The van der Waals surface area contributed by atoms with E-state index < -0.39 is 20.6 Å². The van der Waals surface area contributed by atoms with Gasteiger partial charge in [-0.1, -0.05) is 39.5 Å². The van der Waals surface area contributed by atoms with Crippen LogP contribution in [0.15, 0.2) is 36.4 Å². The number of aryl methyl sites for hydroxylation is 3. The van der Waals surface area contributed by atoms with Crippen LogP contribution in [-0.2, 0) is 20.9 Å². The average molecular weight is 598 g/mol. The first-order valence-electron chi connectivity index (χ1n) is 14.0. The van der Waals surface area contributed by atoms with Gasteiger partial charge in [-0.2, -0.15) is 0 Å². The van der Waals surface area contributed by atoms with Crippen molar-refractivity contribution in [3.8, 4) is 0 Å². The van der Waals surface area contributed by atoms with E-state index in [1.54, 1.807) is 0 Å². The van der Waals surface area contributed by atoms with Crippen LogP contribution < -0.4 is 36.7 Å². The van der Waals surface area contributed by atoms with Crippen molar-refractivity contribution in [2.45, 2.75) is 48.5 Å². The summed E-state index contributed by atoms with van der Waals surface area (Å²) in [4.78, 5) is 2.33. The number of hydrogen-bond donors (Lipinski definition) is 0. The Hall–Kier alpha value is -1.51. The summed E-state index contributed by atoms with van der Waals surface area (Å²) in [5.74, 6) is 0. The monoisotopic (exact) mass is 597 g/mol. The topological polar surface area (TPSA) is 43.9 Å². The summed E-state index contributed by atoms with van der Waals surface area (Å²) in [6.45, 7) is 19.6. The van der Waals surface area contributed by atoms with Gasteiger partial charge in [-0.3, -0.25) is 9.24 Å². The molecule has 5 nitrogen and oxygen atoms in total. The van der Waals surface area contributed by atoms with Crippen LogP contribution in [0.2, 0.25) is 0 Å². The molecule has 0 saturated carbocycles. The van der Waals surface area contributed by atoms with Crippen LogP contribution in [0.4, 0.5) is 17.1 Å². The molecule has 9 heteroatoms. The van der Waals surface area contributed by atoms with Crippen molar-refractivity contribution in [1.82, 2.24) is 9.34 Å². The highest BCUT2D eigenvalue weighted by Gasteiger charge is 2.55. The van der Waals surface area contributed by atoms with Gasteiger partial charge >= 0.3 is 0 Å². The minimum absolute atomic E-state index is 0.661. The van der Waals surface area contributed by atoms with Gasteiger partial charge in [-0.25, -0.2) is 4.67 Å². The summed E-state index contributed by atoms with van der Waals surface area (Å²) in [5.41, 5.74) is 6.02. The quantitative estimate of drug-likeness (QED) is 0.363. The average Bonchev–Trinajstić information content (AvgIpc) is 2.89. The van der Waals surface area contributed by atoms with Crippen molar-refractivity contribution in [2.75, 3.05) is 37.7 Å². The van der Waals surface area contributed by atoms with Crippen LogP contribution in [0.5, 0.6) is 0 Å². The summed E-state index contributed by atoms with van der Waals surface area (Å²) >= 11 is 6.88. The van der Waals surface area contributed by atoms with Crippen molar-refractivity contribution in [3.63, 3.8) is 0 Å². The van der Waals surface area contributed by atoms with Crippen molar-refractivity contribution in [1.29, 1.82) is 0 Å². The Morgan fingerprint density at radius 1 is 0.615 bits per heavy atom. The second-order valence-corrected chi connectivity index (χ2v) is 20.9. The largest absolute Gasteiger partial charge is 0.314 e. The number of benzene rings is 3. The lowest BCUT2D eigenvalue weighted by Gasteiger charge is -2.52. The van der Waals surface area contributed by atoms with Crippen LogP contribution in [-0.4, -0.2) is 42.2 Å². The second kappa shape index (κ2) is 8.99. The molecule has 6 rings (SSSR count). The summed E-state index contributed by atoms with van der Waals surface area (Å²) in [6.07, 6.45) is -2.52. The minimum atomic E-state index is -3.26. The van der Waals surface area contributed by atoms with Crippen molar-refractivity contribution < 1.29 is 9.13 Å². The number of hydrogen-bond acceptors (Lipinski definition) is 4. The van der Waals surface area contributed by atoms with E-state index in [4.69, 9.17) is 11.8 Å². The van der Waals surface area contributed by atoms with Gasteiger partial charge in [-0.05, 0) is 80.5 Å². The predicted molar refractivity (Wildman–Crippen MR) is 174 cm³/mol. The first-order chi connectivity index (χ1) is 18.4. The first-order valence-corrected chi connectivity index (χ1v) is 20.5. The zero-order valence-corrected chi connectivity index (χ0v) is 27.7. The maximum absolute atomic E-state index is 15.8. The summed E-state index contributed by atoms with van der Waals surface area (Å²) in [5, 5.41) is 5.67. The van der Waals surface area contributed by atoms with Gasteiger partial charge in [0.05, 0.1) is 33.9 Å². The van der Waals surface area contributed by atoms with Gasteiger partial charge in [0.1, 0.15) is 7.14 Å². The van der Waals surface area contributed by atoms with Crippen LogP contribution >= 0.6 is 20.6 Å². The maximum Gasteiger partial charge on any atom is 0.211 e. The molecule has 3 atom stereocenters. The van der Waals surface area contributed by atoms with E-state index in [9.17, 15) is 0 Å². The molecule has 0 N–H and O–H groups in total. The summed E-state index contributed by atoms with van der Waals surface area (Å²) in [7, 11) is -6.28. The van der Waals surface area contributed by atoms with E-state index in [1.165, 1.54) is 0 Å². The molecule has 3 aliphatic rings. The third-order valence-corrected chi connectivity index (χ3v) is 19.9. The third kappa shape index (κ3) is 3.31. The predicted octanol–water partition coefficient (Wildman–Crippen LogP) is 5.22. The normalized spacial score (nSPS) is 25.8. The lowest BCUT2D eigenvalue weighted by Crippen LogP contribution is -2.53. The molecule has 0 spiro atoms. The molecule has 0 saturated heterocycles. The zero-order valence-electron chi connectivity index (χ0n) is 24.2. The molecule has 3 unspecified atom stereocenters. The van der Waals surface area contributed by atoms with Crippen LogP contribution in [0.3, 0.4) is 0 Å². The van der Waals surface area contributed by atoms with Crippen LogP contribution in [0.1, 0.15) is 44.4 Å². The van der Waals surface area contributed by atoms with Crippen molar-refractivity contribution in [2.24, 2.45) is 0 Å². The number of rotatable bonds is 6. The van der Waals surface area contributed by atoms with E-state index in [1.807, 2.05) is 13.6 Å². The highest BCUT2D eigenvalue weighted by atomic mass is 32.4. The molecule has 0 aromatic heterocycles. The Labute approximate surface area is 238 Å². The van der Waals surface area contributed by atoms with Gasteiger partial charge in [-0.15, -0.1) is 0 Å². The van der Waals surface area contributed by atoms with Gasteiger partial charge in [0, 0.05) is 47.4 Å². The van der Waals surface area contributed by atoms with Gasteiger partial charge in [0.15, 0.2) is 0 Å². The van der Waals surface area contributed by atoms with Crippen LogP contribution in [0.25, 0.3) is 0 Å². The van der Waals surface area contributed by atoms with Crippen LogP contribution in [0, 0.1) is 20.8 Å². The molecular formula is C30H38N3O2P3S. The zero-order chi connectivity index (χ0) is 28.2. The van der Waals surface area contributed by atoms with E-state index in [2.05, 4.69) is 92.2 Å². The third-order valence-electron chi connectivity index (χ3n) is 8.80. The smallest absolute Gasteiger partial charge is 0.211 e. The molecular weight excluding hydrogens is 559 g/mol. The number of anilines is 3. The highest BCUT2D eigenvalue weighted by molar-refractivity contribution is 8.21. The minimum Gasteiger partial charge on any atom is -0.314 e. The molecule has 206 valence electrons. The molecule has 0 bridgehead atoms. The molecule has 0 radical (unpaired) electrons. The fourth-order valence-electron chi connectivity index (χ4n) is 7.06. The Bertz CT molecular complexity index is 1610. The van der Waals surface area contributed by atoms with E-state index >= 15 is 9.13 Å². The molecule has 0 fully saturated rings. The molecule has 3 aliphatic heterocycles. The SMILES string of the molecule is CCN(CC)P1(=O)c2cc(C)cc3c2N2c4c(cc(C)cc4P(=S)(N(CC)CC)c4cc(C)cc1c42)P3(C)=O. The van der Waals surface area contributed by atoms with Crippen molar-refractivity contribution >= 4 is 81.3 Å². The fraction of sp³-hybridized carbons (Fsp3) is 0.400. The molecule has 3 heterocycles. The fourth-order valence-corrected chi connectivity index (χ4v) is 18.1. The van der Waals surface area contributed by atoms with E-state index in [0.29, 0.717) is 13.1 Å². The van der Waals surface area contributed by atoms with E-state index in [-0.39, 0.29) is 0 Å². The standard InChI is InChI=1S/C30H38N3O2P3S/c1-9-31(10-2)37(35)24-15-19(5)13-22-28(24)33-29-23(36(22,8)34)14-20(6)17-26(29)38(39,32(11-3)12-4)27-18-21(7)16-25(37)30(27)33/h13-18H,9-12H2,1-8H3. The molecule has 3 aromatic carbocycles. The van der Waals surface area contributed by atoms with Gasteiger partial charge < -0.3 is 9.46 Å². The number of nitrogens with zero attached hydrogens (tertiary/aromatic N) is 3. The second-order valence-electron chi connectivity index (χ2n) is 11.1. The van der Waals surface area contributed by atoms with Gasteiger partial charge in [0.2, 0.25) is 7.29 Å². The van der Waals surface area contributed by atoms with Crippen molar-refractivity contribution in [3.05, 3.63) is 53.1 Å². The molecule has 39 heavy (non-hydrogen) atoms. The first kappa shape index (κ1) is 27.6. The van der Waals surface area contributed by atoms with Gasteiger partial charge in [0.25, 0.3) is 0 Å². The molecule has 3 aromatic rings. The Kier molecular flexibility index (Phi) is 6.38. The highest BCUT2D eigenvalue weighted by Crippen LogP contribution is 2.66. The van der Waals surface area contributed by atoms with E-state index in [0.717, 1.165) is 78.7 Å². The lowest BCUT2D eigenvalue weighted by atomic mass is 10.1. The Morgan fingerprint density at radius 3 is 1.36 bits per heavy atom. The summed E-state index contributed by atoms with van der Waals surface area (Å²) < 4.78 is 35.4. The lowest BCUT2D eigenvalue weighted by molar-refractivity contribution is 0.458. The summed E-state index contributed by atoms with van der Waals surface area (Å²) in [6, 6.07) is 12.9. The maximum atomic E-state index is 15.8. The molecule has 0 aliphatic carbocycles. The Morgan fingerprint density at radius 2 is 0.949 bits per heavy atom. The Balaban J connectivity index is 1.92. The molecule has 0 amide bonds.